The molecule has 3 aromatic carbocycles. The van der Waals surface area contributed by atoms with Crippen LogP contribution in [-0.2, 0) is 9.53 Å². The van der Waals surface area contributed by atoms with Gasteiger partial charge in [-0.2, -0.15) is 0 Å². The van der Waals surface area contributed by atoms with Crippen molar-refractivity contribution in [3.05, 3.63) is 83.9 Å². The Labute approximate surface area is 205 Å². The van der Waals surface area contributed by atoms with Crippen LogP contribution in [0.15, 0.2) is 66.7 Å². The summed E-state index contributed by atoms with van der Waals surface area (Å²) in [7, 11) is 1.57. The molecule has 36 heavy (non-hydrogen) atoms. The van der Waals surface area contributed by atoms with Gasteiger partial charge in [0, 0.05) is 28.8 Å². The van der Waals surface area contributed by atoms with Gasteiger partial charge in [-0.1, -0.05) is 0 Å². The molecule has 0 aliphatic heterocycles. The molecular weight excluding hydrogens is 470 g/mol. The summed E-state index contributed by atoms with van der Waals surface area (Å²) >= 11 is 0. The number of carbonyl (C=O) groups excluding carboxylic acids is 2. The van der Waals surface area contributed by atoms with Crippen LogP contribution >= 0.6 is 0 Å². The average Bonchev–Trinajstić information content (AvgIpc) is 2.89. The number of benzene rings is 3. The van der Waals surface area contributed by atoms with E-state index < -0.39 is 30.1 Å². The zero-order chi connectivity index (χ0) is 25.7. The molecule has 4 rings (SSSR count). The van der Waals surface area contributed by atoms with Gasteiger partial charge in [-0.05, 0) is 61.5 Å². The molecule has 4 aromatic rings. The van der Waals surface area contributed by atoms with Gasteiger partial charge in [0.25, 0.3) is 5.91 Å². The number of carbonyl (C=O) groups is 2. The van der Waals surface area contributed by atoms with Crippen LogP contribution in [0.3, 0.4) is 0 Å². The molecule has 0 bridgehead atoms. The largest absolute Gasteiger partial charge is 0.497 e. The molecule has 184 valence electrons. The van der Waals surface area contributed by atoms with Crippen LogP contribution in [0.1, 0.15) is 17.3 Å². The highest BCUT2D eigenvalue weighted by molar-refractivity contribution is 5.97. The van der Waals surface area contributed by atoms with Gasteiger partial charge in [-0.25, -0.2) is 18.6 Å². The standard InChI is InChI=1S/C27H22F2N2O5/c1-3-35-27(33)17-6-11-23-20(12-17)25(14-24(31-23)16-4-8-19(34-2)9-5-16)36-15-26(32)30-18-7-10-21(28)22(29)13-18/h4-14H,3,15H2,1-2H3,(H,30,32). The molecule has 1 N–H and O–H groups in total. The summed E-state index contributed by atoms with van der Waals surface area (Å²) in [6, 6.07) is 16.8. The molecule has 7 nitrogen and oxygen atoms in total. The molecule has 1 aromatic heterocycles. The topological polar surface area (TPSA) is 86.8 Å². The first-order chi connectivity index (χ1) is 17.4. The van der Waals surface area contributed by atoms with Gasteiger partial charge < -0.3 is 19.5 Å². The average molecular weight is 492 g/mol. The van der Waals surface area contributed by atoms with Gasteiger partial charge in [-0.15, -0.1) is 0 Å². The maximum atomic E-state index is 13.5. The van der Waals surface area contributed by atoms with E-state index in [1.807, 2.05) is 12.1 Å². The number of halogens is 2. The van der Waals surface area contributed by atoms with E-state index in [-0.39, 0.29) is 12.3 Å². The first-order valence-corrected chi connectivity index (χ1v) is 11.0. The van der Waals surface area contributed by atoms with Crippen molar-refractivity contribution in [2.75, 3.05) is 25.6 Å². The Balaban J connectivity index is 1.65. The van der Waals surface area contributed by atoms with Crippen molar-refractivity contribution in [1.82, 2.24) is 4.98 Å². The van der Waals surface area contributed by atoms with Crippen LogP contribution in [0, 0.1) is 11.6 Å². The lowest BCUT2D eigenvalue weighted by molar-refractivity contribution is -0.118. The molecule has 9 heteroatoms. The fraction of sp³-hybridized carbons (Fsp3) is 0.148. The number of pyridine rings is 1. The number of esters is 1. The lowest BCUT2D eigenvalue weighted by Crippen LogP contribution is -2.20. The Morgan fingerprint density at radius 3 is 2.42 bits per heavy atom. The SMILES string of the molecule is CCOC(=O)c1ccc2nc(-c3ccc(OC)cc3)cc(OCC(=O)Nc3ccc(F)c(F)c3)c2c1. The quantitative estimate of drug-likeness (QED) is 0.332. The number of nitrogens with zero attached hydrogens (tertiary/aromatic N) is 1. The fourth-order valence-electron chi connectivity index (χ4n) is 3.48. The summed E-state index contributed by atoms with van der Waals surface area (Å²) in [6.45, 7) is 1.50. The van der Waals surface area contributed by atoms with Crippen LogP contribution in [0.2, 0.25) is 0 Å². The number of aromatic nitrogens is 1. The molecule has 0 aliphatic rings. The van der Waals surface area contributed by atoms with Crippen molar-refractivity contribution in [2.45, 2.75) is 6.92 Å². The van der Waals surface area contributed by atoms with Crippen LogP contribution in [0.4, 0.5) is 14.5 Å². The van der Waals surface area contributed by atoms with Crippen molar-refractivity contribution in [3.63, 3.8) is 0 Å². The molecule has 0 unspecified atom stereocenters. The number of anilines is 1. The van der Waals surface area contributed by atoms with Gasteiger partial charge in [0.05, 0.1) is 30.5 Å². The van der Waals surface area contributed by atoms with E-state index in [2.05, 4.69) is 10.3 Å². The molecule has 1 amide bonds. The van der Waals surface area contributed by atoms with Gasteiger partial charge >= 0.3 is 5.97 Å². The summed E-state index contributed by atoms with van der Waals surface area (Å²) < 4.78 is 42.7. The highest BCUT2D eigenvalue weighted by Crippen LogP contribution is 2.32. The minimum absolute atomic E-state index is 0.0885. The first kappa shape index (κ1) is 24.6. The van der Waals surface area contributed by atoms with Crippen molar-refractivity contribution in [1.29, 1.82) is 0 Å². The number of rotatable bonds is 8. The number of hydrogen-bond donors (Lipinski definition) is 1. The van der Waals surface area contributed by atoms with E-state index in [1.54, 1.807) is 50.4 Å². The normalized spacial score (nSPS) is 10.7. The van der Waals surface area contributed by atoms with Gasteiger partial charge in [0.2, 0.25) is 0 Å². The third-order valence-corrected chi connectivity index (χ3v) is 5.23. The van der Waals surface area contributed by atoms with Crippen molar-refractivity contribution < 1.29 is 32.6 Å². The third-order valence-electron chi connectivity index (χ3n) is 5.23. The molecule has 0 saturated carbocycles. The van der Waals surface area contributed by atoms with Crippen molar-refractivity contribution >= 4 is 28.5 Å². The number of fused-ring (bicyclic) bond motifs is 1. The Bertz CT molecular complexity index is 1420. The predicted octanol–water partition coefficient (Wildman–Crippen LogP) is 5.38. The maximum absolute atomic E-state index is 13.5. The molecule has 0 atom stereocenters. The minimum atomic E-state index is -1.08. The molecule has 0 aliphatic carbocycles. The predicted molar refractivity (Wildman–Crippen MR) is 130 cm³/mol. The number of amides is 1. The van der Waals surface area contributed by atoms with E-state index in [1.165, 1.54) is 6.07 Å². The summed E-state index contributed by atoms with van der Waals surface area (Å²) in [6.07, 6.45) is 0. The fourth-order valence-corrected chi connectivity index (χ4v) is 3.48. The lowest BCUT2D eigenvalue weighted by atomic mass is 10.1. The van der Waals surface area contributed by atoms with E-state index in [9.17, 15) is 18.4 Å². The smallest absolute Gasteiger partial charge is 0.338 e. The van der Waals surface area contributed by atoms with E-state index in [4.69, 9.17) is 14.2 Å². The second-order valence-corrected chi connectivity index (χ2v) is 7.65. The molecular formula is C27H22F2N2O5. The third kappa shape index (κ3) is 5.57. The van der Waals surface area contributed by atoms with Crippen molar-refractivity contribution in [3.8, 4) is 22.8 Å². The number of nitrogens with one attached hydrogen (secondary N) is 1. The van der Waals surface area contributed by atoms with Crippen LogP contribution in [0.5, 0.6) is 11.5 Å². The first-order valence-electron chi connectivity index (χ1n) is 11.0. The summed E-state index contributed by atoms with van der Waals surface area (Å²) in [5.41, 5.74) is 2.28. The zero-order valence-corrected chi connectivity index (χ0v) is 19.5. The highest BCUT2D eigenvalue weighted by atomic mass is 19.2. The van der Waals surface area contributed by atoms with Gasteiger partial charge in [0.15, 0.2) is 18.2 Å². The van der Waals surface area contributed by atoms with Crippen LogP contribution < -0.4 is 14.8 Å². The Hall–Kier alpha value is -4.53. The number of methoxy groups -OCH3 is 1. The van der Waals surface area contributed by atoms with Crippen molar-refractivity contribution in [2.24, 2.45) is 0 Å². The van der Waals surface area contributed by atoms with Crippen LogP contribution in [-0.4, -0.2) is 37.2 Å². The molecule has 0 fully saturated rings. The molecule has 0 saturated heterocycles. The molecule has 0 radical (unpaired) electrons. The Kier molecular flexibility index (Phi) is 7.39. The summed E-state index contributed by atoms with van der Waals surface area (Å²) in [5.74, 6) is -2.19. The van der Waals surface area contributed by atoms with Gasteiger partial charge in [0.1, 0.15) is 11.5 Å². The number of hydrogen-bond acceptors (Lipinski definition) is 6. The Morgan fingerprint density at radius 2 is 1.72 bits per heavy atom. The van der Waals surface area contributed by atoms with Gasteiger partial charge in [-0.3, -0.25) is 4.79 Å². The van der Waals surface area contributed by atoms with E-state index in [0.29, 0.717) is 33.7 Å². The Morgan fingerprint density at radius 1 is 0.944 bits per heavy atom. The monoisotopic (exact) mass is 492 g/mol. The maximum Gasteiger partial charge on any atom is 0.338 e. The summed E-state index contributed by atoms with van der Waals surface area (Å²) in [5, 5.41) is 2.96. The summed E-state index contributed by atoms with van der Waals surface area (Å²) in [4.78, 5) is 29.4. The highest BCUT2D eigenvalue weighted by Gasteiger charge is 2.15. The molecule has 0 spiro atoms. The van der Waals surface area contributed by atoms with E-state index >= 15 is 0 Å². The van der Waals surface area contributed by atoms with E-state index in [0.717, 1.165) is 17.7 Å². The minimum Gasteiger partial charge on any atom is -0.497 e. The van der Waals surface area contributed by atoms with Crippen LogP contribution in [0.25, 0.3) is 22.2 Å². The molecule has 1 heterocycles. The second kappa shape index (κ2) is 10.8. The number of ether oxygens (including phenoxy) is 3. The lowest BCUT2D eigenvalue weighted by Gasteiger charge is -2.13. The zero-order valence-electron chi connectivity index (χ0n) is 19.5. The second-order valence-electron chi connectivity index (χ2n) is 7.65.